The normalized spacial score (nSPS) is 13.2. The van der Waals surface area contributed by atoms with Crippen LogP contribution in [-0.4, -0.2) is 67.1 Å². The van der Waals surface area contributed by atoms with E-state index in [2.05, 4.69) is 29.6 Å². The molecular weight excluding hydrogens is 383 g/mol. The van der Waals surface area contributed by atoms with Crippen molar-refractivity contribution in [1.82, 2.24) is 14.5 Å². The average Bonchev–Trinajstić information content (AvgIpc) is 2.93. The molecule has 2 rings (SSSR count). The first-order valence-corrected chi connectivity index (χ1v) is 13.8. The minimum atomic E-state index is -1.14. The van der Waals surface area contributed by atoms with Gasteiger partial charge < -0.3 is 24.0 Å². The third-order valence-corrected chi connectivity index (χ3v) is 6.97. The molecule has 1 radical (unpaired) electrons. The van der Waals surface area contributed by atoms with E-state index in [1.165, 1.54) is 0 Å². The molecule has 2 aromatic heterocycles. The second-order valence-corrected chi connectivity index (χ2v) is 15.6. The van der Waals surface area contributed by atoms with Gasteiger partial charge in [-0.3, -0.25) is 0 Å². The van der Waals surface area contributed by atoms with E-state index in [0.717, 1.165) is 35.0 Å². The van der Waals surface area contributed by atoms with Crippen molar-refractivity contribution >= 4 is 37.9 Å². The number of ether oxygens (including phenoxy) is 1. The van der Waals surface area contributed by atoms with Gasteiger partial charge in [0.1, 0.15) is 24.5 Å². The Balaban J connectivity index is 2.31. The van der Waals surface area contributed by atoms with E-state index < -0.39 is 19.3 Å². The SMILES string of the molecule is CN(C)c1ncnc2c1c([B]OC(C)(C)C(C)(C)O)cn2COCC[Si](C)(C)C. The van der Waals surface area contributed by atoms with Crippen LogP contribution in [-0.2, 0) is 16.1 Å². The van der Waals surface area contributed by atoms with Crippen molar-refractivity contribution in [1.29, 1.82) is 0 Å². The molecule has 0 saturated heterocycles. The standard InChI is InChI=1S/C20H36BN4O3Si/c1-19(2,26)20(3,4)28-21-15-12-25(14-27-10-11-29(7,8)9)18-16(15)17(24(5)6)22-13-23-18/h12-13,26H,10-11,14H2,1-9H3. The van der Waals surface area contributed by atoms with E-state index >= 15 is 0 Å². The van der Waals surface area contributed by atoms with Gasteiger partial charge in [-0.15, -0.1) is 0 Å². The molecular formula is C20H36BN4O3Si. The third-order valence-electron chi connectivity index (χ3n) is 5.27. The summed E-state index contributed by atoms with van der Waals surface area (Å²) in [6, 6.07) is 1.12. The maximum absolute atomic E-state index is 10.4. The lowest BCUT2D eigenvalue weighted by Crippen LogP contribution is -2.49. The van der Waals surface area contributed by atoms with E-state index in [1.807, 2.05) is 43.6 Å². The predicted octanol–water partition coefficient (Wildman–Crippen LogP) is 2.62. The van der Waals surface area contributed by atoms with E-state index in [1.54, 1.807) is 27.7 Å². The van der Waals surface area contributed by atoms with Crippen LogP contribution >= 0.6 is 0 Å². The Labute approximate surface area is 176 Å². The number of anilines is 1. The quantitative estimate of drug-likeness (QED) is 0.472. The van der Waals surface area contributed by atoms with Crippen molar-refractivity contribution < 1.29 is 14.5 Å². The fraction of sp³-hybridized carbons (Fsp3) is 0.700. The van der Waals surface area contributed by atoms with Crippen molar-refractivity contribution in [3.63, 3.8) is 0 Å². The molecule has 9 heteroatoms. The summed E-state index contributed by atoms with van der Waals surface area (Å²) in [5, 5.41) is 11.3. The van der Waals surface area contributed by atoms with Gasteiger partial charge in [-0.25, -0.2) is 9.97 Å². The van der Waals surface area contributed by atoms with Gasteiger partial charge in [0.25, 0.3) is 0 Å². The summed E-state index contributed by atoms with van der Waals surface area (Å²) in [7, 11) is 4.46. The Morgan fingerprint density at radius 2 is 1.83 bits per heavy atom. The summed E-state index contributed by atoms with van der Waals surface area (Å²) < 4.78 is 13.9. The molecule has 0 spiro atoms. The van der Waals surface area contributed by atoms with E-state index in [4.69, 9.17) is 9.39 Å². The first-order valence-electron chi connectivity index (χ1n) is 10.1. The van der Waals surface area contributed by atoms with Crippen LogP contribution in [0.25, 0.3) is 11.0 Å². The van der Waals surface area contributed by atoms with E-state index in [0.29, 0.717) is 6.73 Å². The number of hydrogen-bond donors (Lipinski definition) is 1. The summed E-state index contributed by atoms with van der Waals surface area (Å²) in [5.41, 5.74) is -0.102. The van der Waals surface area contributed by atoms with Crippen LogP contribution in [0.15, 0.2) is 12.5 Å². The molecule has 0 atom stereocenters. The molecule has 2 heterocycles. The fourth-order valence-electron chi connectivity index (χ4n) is 2.56. The first-order chi connectivity index (χ1) is 13.2. The van der Waals surface area contributed by atoms with Crippen LogP contribution < -0.4 is 10.4 Å². The Hall–Kier alpha value is -1.42. The van der Waals surface area contributed by atoms with Crippen molar-refractivity contribution in [2.75, 3.05) is 25.6 Å². The number of rotatable bonds is 10. The van der Waals surface area contributed by atoms with Crippen LogP contribution in [0.4, 0.5) is 5.82 Å². The molecule has 29 heavy (non-hydrogen) atoms. The lowest BCUT2D eigenvalue weighted by Gasteiger charge is -2.37. The van der Waals surface area contributed by atoms with Gasteiger partial charge >= 0.3 is 7.48 Å². The Morgan fingerprint density at radius 1 is 1.17 bits per heavy atom. The maximum Gasteiger partial charge on any atom is 0.333 e. The van der Waals surface area contributed by atoms with Gasteiger partial charge in [-0.05, 0) is 39.2 Å². The number of fused-ring (bicyclic) bond motifs is 1. The minimum absolute atomic E-state index is 0.424. The van der Waals surface area contributed by atoms with Crippen LogP contribution in [0.2, 0.25) is 25.7 Å². The van der Waals surface area contributed by atoms with Crippen molar-refractivity contribution in [2.24, 2.45) is 0 Å². The lowest BCUT2D eigenvalue weighted by atomic mass is 9.82. The fourth-order valence-corrected chi connectivity index (χ4v) is 3.32. The largest absolute Gasteiger partial charge is 0.427 e. The molecule has 0 aliphatic carbocycles. The molecule has 0 unspecified atom stereocenters. The Morgan fingerprint density at radius 3 is 2.38 bits per heavy atom. The van der Waals surface area contributed by atoms with Gasteiger partial charge in [0.15, 0.2) is 0 Å². The summed E-state index contributed by atoms with van der Waals surface area (Å²) in [5.74, 6) is 0.812. The zero-order chi connectivity index (χ0) is 22.0. The molecule has 0 aliphatic rings. The zero-order valence-electron chi connectivity index (χ0n) is 19.4. The average molecular weight is 419 g/mol. The highest BCUT2D eigenvalue weighted by Crippen LogP contribution is 2.26. The van der Waals surface area contributed by atoms with Crippen molar-refractivity contribution in [2.45, 2.75) is 71.3 Å². The van der Waals surface area contributed by atoms with Gasteiger partial charge in [-0.1, -0.05) is 19.6 Å². The highest BCUT2D eigenvalue weighted by Gasteiger charge is 2.36. The third kappa shape index (κ3) is 6.04. The van der Waals surface area contributed by atoms with Gasteiger partial charge in [-0.2, -0.15) is 0 Å². The van der Waals surface area contributed by atoms with Crippen LogP contribution in [0.5, 0.6) is 0 Å². The molecule has 1 N–H and O–H groups in total. The monoisotopic (exact) mass is 419 g/mol. The molecule has 0 saturated carbocycles. The van der Waals surface area contributed by atoms with E-state index in [9.17, 15) is 5.11 Å². The van der Waals surface area contributed by atoms with Gasteiger partial charge in [0, 0.05) is 35.0 Å². The Bertz CT molecular complexity index is 825. The van der Waals surface area contributed by atoms with Crippen molar-refractivity contribution in [3.8, 4) is 0 Å². The second-order valence-electron chi connectivity index (χ2n) is 10.00. The van der Waals surface area contributed by atoms with Crippen LogP contribution in [0, 0.1) is 0 Å². The number of hydrogen-bond acceptors (Lipinski definition) is 6. The topological polar surface area (TPSA) is 72.6 Å². The maximum atomic E-state index is 10.4. The first kappa shape index (κ1) is 23.9. The molecule has 0 fully saturated rings. The van der Waals surface area contributed by atoms with Crippen LogP contribution in [0.3, 0.4) is 0 Å². The van der Waals surface area contributed by atoms with Gasteiger partial charge in [0.2, 0.25) is 0 Å². The molecule has 0 bridgehead atoms. The van der Waals surface area contributed by atoms with E-state index in [-0.39, 0.29) is 0 Å². The molecule has 0 amide bonds. The second kappa shape index (κ2) is 8.75. The summed E-state index contributed by atoms with van der Waals surface area (Å²) in [6.07, 6.45) is 3.54. The molecule has 2 aromatic rings. The summed E-state index contributed by atoms with van der Waals surface area (Å²) in [4.78, 5) is 10.9. The minimum Gasteiger partial charge on any atom is -0.427 e. The smallest absolute Gasteiger partial charge is 0.333 e. The Kier molecular flexibility index (Phi) is 7.20. The van der Waals surface area contributed by atoms with Crippen LogP contribution in [0.1, 0.15) is 27.7 Å². The molecule has 0 aliphatic heterocycles. The lowest BCUT2D eigenvalue weighted by molar-refractivity contribution is -0.0893. The molecule has 7 nitrogen and oxygen atoms in total. The zero-order valence-corrected chi connectivity index (χ0v) is 20.4. The van der Waals surface area contributed by atoms with Gasteiger partial charge in [0.05, 0.1) is 16.6 Å². The summed E-state index contributed by atoms with van der Waals surface area (Å²) in [6.45, 7) is 15.4. The highest BCUT2D eigenvalue weighted by molar-refractivity contribution is 6.76. The highest BCUT2D eigenvalue weighted by atomic mass is 28.3. The number of aromatic nitrogens is 3. The van der Waals surface area contributed by atoms with Crippen molar-refractivity contribution in [3.05, 3.63) is 12.5 Å². The summed E-state index contributed by atoms with van der Waals surface area (Å²) >= 11 is 0. The molecule has 0 aromatic carbocycles. The number of nitrogens with zero attached hydrogens (tertiary/aromatic N) is 4. The predicted molar refractivity (Wildman–Crippen MR) is 123 cm³/mol. The number of aliphatic hydroxyl groups is 1. The molecule has 161 valence electrons.